The lowest BCUT2D eigenvalue weighted by Gasteiger charge is -2.18. The first-order chi connectivity index (χ1) is 8.37. The fourth-order valence-electron chi connectivity index (χ4n) is 2.56. The Balaban J connectivity index is 2.02. The van der Waals surface area contributed by atoms with E-state index in [1.165, 1.54) is 6.42 Å². The van der Waals surface area contributed by atoms with Crippen LogP contribution in [0.3, 0.4) is 0 Å². The third-order valence-electron chi connectivity index (χ3n) is 3.74. The summed E-state index contributed by atoms with van der Waals surface area (Å²) in [5, 5.41) is 3.14. The minimum Gasteiger partial charge on any atom is -0.349 e. The van der Waals surface area contributed by atoms with Gasteiger partial charge in [-0.1, -0.05) is 35.8 Å². The summed E-state index contributed by atoms with van der Waals surface area (Å²) >= 11 is 3.47. The van der Waals surface area contributed by atoms with E-state index in [1.807, 2.05) is 25.1 Å². The van der Waals surface area contributed by atoms with Gasteiger partial charge in [-0.05, 0) is 49.3 Å². The summed E-state index contributed by atoms with van der Waals surface area (Å²) in [6.45, 7) is 6.55. The van der Waals surface area contributed by atoms with Crippen LogP contribution >= 0.6 is 15.9 Å². The lowest BCUT2D eigenvalue weighted by molar-refractivity contribution is 0.0936. The number of carbonyl (C=O) groups excluding carboxylic acids is 1. The Labute approximate surface area is 117 Å². The van der Waals surface area contributed by atoms with Crippen LogP contribution in [0.2, 0.25) is 0 Å². The standard InChI is InChI=1S/C15H20BrNO/c1-10-4-5-11(8-13(10)16)14(18)17-12-6-7-15(2,3)9-12/h4-5,8,12H,6-7,9H2,1-3H3,(H,17,18). The zero-order valence-corrected chi connectivity index (χ0v) is 12.8. The summed E-state index contributed by atoms with van der Waals surface area (Å²) in [6, 6.07) is 6.07. The van der Waals surface area contributed by atoms with Crippen molar-refractivity contribution in [3.8, 4) is 0 Å². The van der Waals surface area contributed by atoms with E-state index in [9.17, 15) is 4.79 Å². The minimum atomic E-state index is 0.0402. The van der Waals surface area contributed by atoms with E-state index in [4.69, 9.17) is 0 Å². The van der Waals surface area contributed by atoms with Gasteiger partial charge in [-0.3, -0.25) is 4.79 Å². The zero-order chi connectivity index (χ0) is 13.3. The van der Waals surface area contributed by atoms with Crippen LogP contribution in [0.25, 0.3) is 0 Å². The average molecular weight is 310 g/mol. The summed E-state index contributed by atoms with van der Waals surface area (Å²) in [5.41, 5.74) is 2.25. The van der Waals surface area contributed by atoms with Crippen molar-refractivity contribution in [2.75, 3.05) is 0 Å². The van der Waals surface area contributed by atoms with Crippen molar-refractivity contribution in [3.63, 3.8) is 0 Å². The molecule has 0 bridgehead atoms. The first-order valence-corrected chi connectivity index (χ1v) is 7.24. The van der Waals surface area contributed by atoms with E-state index in [0.717, 1.165) is 28.4 Å². The number of nitrogens with one attached hydrogen (secondary N) is 1. The maximum atomic E-state index is 12.1. The fraction of sp³-hybridized carbons (Fsp3) is 0.533. The third-order valence-corrected chi connectivity index (χ3v) is 4.59. The van der Waals surface area contributed by atoms with E-state index >= 15 is 0 Å². The van der Waals surface area contributed by atoms with Gasteiger partial charge in [-0.2, -0.15) is 0 Å². The van der Waals surface area contributed by atoms with Gasteiger partial charge in [0.1, 0.15) is 0 Å². The zero-order valence-electron chi connectivity index (χ0n) is 11.2. The highest BCUT2D eigenvalue weighted by Crippen LogP contribution is 2.37. The van der Waals surface area contributed by atoms with Crippen LogP contribution in [0.5, 0.6) is 0 Å². The van der Waals surface area contributed by atoms with Crippen LogP contribution in [0.4, 0.5) is 0 Å². The molecule has 1 aliphatic carbocycles. The number of aryl methyl sites for hydroxylation is 1. The number of carbonyl (C=O) groups is 1. The second-order valence-electron chi connectivity index (χ2n) is 6.04. The van der Waals surface area contributed by atoms with Crippen molar-refractivity contribution in [1.29, 1.82) is 0 Å². The Kier molecular flexibility index (Phi) is 3.81. The highest BCUT2D eigenvalue weighted by Gasteiger charge is 2.31. The second-order valence-corrected chi connectivity index (χ2v) is 6.90. The molecule has 3 heteroatoms. The van der Waals surface area contributed by atoms with Gasteiger partial charge >= 0.3 is 0 Å². The van der Waals surface area contributed by atoms with Gasteiger partial charge in [-0.25, -0.2) is 0 Å². The smallest absolute Gasteiger partial charge is 0.251 e. The van der Waals surface area contributed by atoms with Gasteiger partial charge in [0.15, 0.2) is 0 Å². The van der Waals surface area contributed by atoms with Crippen LogP contribution in [-0.4, -0.2) is 11.9 Å². The Morgan fingerprint density at radius 1 is 1.44 bits per heavy atom. The summed E-state index contributed by atoms with van der Waals surface area (Å²) in [7, 11) is 0. The van der Waals surface area contributed by atoms with Crippen molar-refractivity contribution in [3.05, 3.63) is 33.8 Å². The summed E-state index contributed by atoms with van der Waals surface area (Å²) in [5.74, 6) is 0.0402. The van der Waals surface area contributed by atoms with Crippen molar-refractivity contribution < 1.29 is 4.79 Å². The molecule has 1 unspecified atom stereocenters. The molecule has 1 amide bonds. The topological polar surface area (TPSA) is 29.1 Å². The van der Waals surface area contributed by atoms with Gasteiger partial charge in [0, 0.05) is 16.1 Å². The fourth-order valence-corrected chi connectivity index (χ4v) is 2.94. The molecule has 2 rings (SSSR count). The predicted molar refractivity (Wildman–Crippen MR) is 77.8 cm³/mol. The number of halogens is 1. The van der Waals surface area contributed by atoms with Crippen LogP contribution in [0.15, 0.2) is 22.7 Å². The largest absolute Gasteiger partial charge is 0.349 e. The number of rotatable bonds is 2. The van der Waals surface area contributed by atoms with Crippen LogP contribution in [0.1, 0.15) is 49.0 Å². The lowest BCUT2D eigenvalue weighted by Crippen LogP contribution is -2.33. The van der Waals surface area contributed by atoms with Gasteiger partial charge < -0.3 is 5.32 Å². The third kappa shape index (κ3) is 3.14. The Bertz CT molecular complexity index is 468. The lowest BCUT2D eigenvalue weighted by atomic mass is 9.92. The van der Waals surface area contributed by atoms with Crippen LogP contribution in [0, 0.1) is 12.3 Å². The monoisotopic (exact) mass is 309 g/mol. The van der Waals surface area contributed by atoms with Crippen molar-refractivity contribution in [2.24, 2.45) is 5.41 Å². The average Bonchev–Trinajstić information content (AvgIpc) is 2.62. The molecule has 0 aromatic heterocycles. The quantitative estimate of drug-likeness (QED) is 0.876. The molecule has 1 saturated carbocycles. The maximum Gasteiger partial charge on any atom is 0.251 e. The van der Waals surface area contributed by atoms with Gasteiger partial charge in [0.2, 0.25) is 0 Å². The first kappa shape index (κ1) is 13.6. The molecule has 98 valence electrons. The SMILES string of the molecule is Cc1ccc(C(=O)NC2CCC(C)(C)C2)cc1Br. The number of hydrogen-bond donors (Lipinski definition) is 1. The highest BCUT2D eigenvalue weighted by molar-refractivity contribution is 9.10. The van der Waals surface area contributed by atoms with E-state index in [2.05, 4.69) is 35.1 Å². The van der Waals surface area contributed by atoms with Gasteiger partial charge in [0.05, 0.1) is 0 Å². The summed E-state index contributed by atoms with van der Waals surface area (Å²) in [4.78, 5) is 12.1. The molecule has 1 aromatic carbocycles. The summed E-state index contributed by atoms with van der Waals surface area (Å²) < 4.78 is 0.988. The molecular formula is C15H20BrNO. The maximum absolute atomic E-state index is 12.1. The molecule has 0 saturated heterocycles. The Morgan fingerprint density at radius 2 is 2.17 bits per heavy atom. The first-order valence-electron chi connectivity index (χ1n) is 6.44. The van der Waals surface area contributed by atoms with E-state index in [0.29, 0.717) is 11.5 Å². The Morgan fingerprint density at radius 3 is 2.72 bits per heavy atom. The Hall–Kier alpha value is -0.830. The molecule has 1 atom stereocenters. The molecule has 2 nitrogen and oxygen atoms in total. The van der Waals surface area contributed by atoms with Crippen molar-refractivity contribution in [1.82, 2.24) is 5.32 Å². The molecule has 0 radical (unpaired) electrons. The molecule has 0 aliphatic heterocycles. The minimum absolute atomic E-state index is 0.0402. The molecule has 1 aromatic rings. The molecular weight excluding hydrogens is 290 g/mol. The van der Waals surface area contributed by atoms with Gasteiger partial charge in [-0.15, -0.1) is 0 Å². The highest BCUT2D eigenvalue weighted by atomic mass is 79.9. The van der Waals surface area contributed by atoms with E-state index in [-0.39, 0.29) is 5.91 Å². The molecule has 1 N–H and O–H groups in total. The summed E-state index contributed by atoms with van der Waals surface area (Å²) in [6.07, 6.45) is 3.35. The van der Waals surface area contributed by atoms with E-state index in [1.54, 1.807) is 0 Å². The molecule has 1 fully saturated rings. The van der Waals surface area contributed by atoms with Crippen LogP contribution in [-0.2, 0) is 0 Å². The second kappa shape index (κ2) is 5.04. The number of amides is 1. The van der Waals surface area contributed by atoms with Crippen LogP contribution < -0.4 is 5.32 Å². The molecule has 0 heterocycles. The molecule has 1 aliphatic rings. The van der Waals surface area contributed by atoms with Gasteiger partial charge in [0.25, 0.3) is 5.91 Å². The molecule has 0 spiro atoms. The molecule has 18 heavy (non-hydrogen) atoms. The normalized spacial score (nSPS) is 21.9. The number of hydrogen-bond acceptors (Lipinski definition) is 1. The predicted octanol–water partition coefficient (Wildman–Crippen LogP) is 4.07. The van der Waals surface area contributed by atoms with Crippen molar-refractivity contribution >= 4 is 21.8 Å². The van der Waals surface area contributed by atoms with Crippen molar-refractivity contribution in [2.45, 2.75) is 46.1 Å². The van der Waals surface area contributed by atoms with E-state index < -0.39 is 0 Å². The number of benzene rings is 1.